The van der Waals surface area contributed by atoms with Gasteiger partial charge in [0, 0.05) is 11.6 Å². The zero-order chi connectivity index (χ0) is 17.3. The maximum absolute atomic E-state index is 12.3. The third-order valence-electron chi connectivity index (χ3n) is 4.05. The average molecular weight is 356 g/mol. The van der Waals surface area contributed by atoms with Crippen molar-refractivity contribution >= 4 is 22.6 Å². The summed E-state index contributed by atoms with van der Waals surface area (Å²) < 4.78 is 6.12. The summed E-state index contributed by atoms with van der Waals surface area (Å²) in [7, 11) is 6.20. The van der Waals surface area contributed by atoms with Crippen LogP contribution in [0, 0.1) is 6.92 Å². The average Bonchev–Trinajstić information content (AvgIpc) is 2.94. The van der Waals surface area contributed by atoms with Crippen LogP contribution in [-0.4, -0.2) is 32.1 Å². The summed E-state index contributed by atoms with van der Waals surface area (Å²) in [5, 5.41) is 1.12. The van der Waals surface area contributed by atoms with Gasteiger partial charge < -0.3 is 9.72 Å². The lowest BCUT2D eigenvalue weighted by atomic mass is 10.2. The number of ether oxygens (including phenoxy) is 1. The summed E-state index contributed by atoms with van der Waals surface area (Å²) in [6.45, 7) is 2.29. The molecule has 0 radical (unpaired) electrons. The van der Waals surface area contributed by atoms with Gasteiger partial charge in [0.15, 0.2) is 0 Å². The van der Waals surface area contributed by atoms with Gasteiger partial charge in [-0.2, -0.15) is 0 Å². The number of aromatic nitrogens is 1. The van der Waals surface area contributed by atoms with Gasteiger partial charge in [-0.15, -0.1) is 0 Å². The molecular weight excluding hydrogens is 324 g/mol. The maximum Gasteiger partial charge on any atom is 0.338 e. The predicted molar refractivity (Wildman–Crippen MR) is 112 cm³/mol. The van der Waals surface area contributed by atoms with Crippen molar-refractivity contribution in [2.75, 3.05) is 21.1 Å². The van der Waals surface area contributed by atoms with Gasteiger partial charge in [0.2, 0.25) is 0 Å². The van der Waals surface area contributed by atoms with Crippen LogP contribution in [-0.2, 0) is 11.3 Å². The van der Waals surface area contributed by atoms with Crippen LogP contribution in [0.3, 0.4) is 0 Å². The summed E-state index contributed by atoms with van der Waals surface area (Å²) in [6.07, 6.45) is 0. The number of hydrogen-bond acceptors (Lipinski definition) is 2. The first-order valence-electron chi connectivity index (χ1n) is 8.00. The number of esters is 1. The van der Waals surface area contributed by atoms with Gasteiger partial charge in [0.25, 0.3) is 0 Å². The summed E-state index contributed by atoms with van der Waals surface area (Å²) in [4.78, 5) is 15.6. The highest BCUT2D eigenvalue weighted by atomic mass is 16.5. The van der Waals surface area contributed by atoms with Crippen molar-refractivity contribution in [1.82, 2.24) is 9.47 Å². The molecule has 0 amide bonds. The number of aryl methyl sites for hydroxylation is 1. The van der Waals surface area contributed by atoms with Crippen LogP contribution in [0.4, 0.5) is 5.69 Å². The highest BCUT2D eigenvalue weighted by molar-refractivity contribution is 5.90. The second kappa shape index (κ2) is 8.19. The van der Waals surface area contributed by atoms with E-state index in [1.807, 2.05) is 24.3 Å². The second-order valence-corrected chi connectivity index (χ2v) is 7.02. The molecule has 3 rings (SSSR count). The van der Waals surface area contributed by atoms with Gasteiger partial charge in [0.05, 0.1) is 32.4 Å². The van der Waals surface area contributed by atoms with Crippen LogP contribution in [0.25, 0.3) is 10.9 Å². The maximum atomic E-state index is 12.3. The van der Waals surface area contributed by atoms with E-state index < -0.39 is 0 Å². The summed E-state index contributed by atoms with van der Waals surface area (Å²) in [5.41, 5.74) is 4.79. The number of carbonyl (C=O) groups is 1. The Hall–Kier alpha value is -2.59. The molecule has 0 unspecified atom stereocenters. The molecule has 4 nitrogen and oxygen atoms in total. The molecular formula is C22H31N2O2+. The summed E-state index contributed by atoms with van der Waals surface area (Å²) in [5.74, 6) is -0.305. The summed E-state index contributed by atoms with van der Waals surface area (Å²) in [6, 6.07) is 15.8. The lowest BCUT2D eigenvalue weighted by Crippen LogP contribution is -2.34. The molecule has 4 heteroatoms. The Kier molecular flexibility index (Phi) is 6.76. The smallest absolute Gasteiger partial charge is 0.338 e. The number of fused-ring (bicyclic) bond motifs is 1. The molecule has 1 N–H and O–H groups in total. The molecule has 3 aromatic rings. The Morgan fingerprint density at radius 3 is 2.46 bits per heavy atom. The molecule has 140 valence electrons. The van der Waals surface area contributed by atoms with Gasteiger partial charge in [-0.3, -0.25) is 4.48 Å². The fraction of sp³-hybridized carbons (Fsp3) is 0.318. The van der Waals surface area contributed by atoms with Crippen LogP contribution in [0.15, 0.2) is 48.5 Å². The molecule has 0 aliphatic carbocycles. The molecule has 26 heavy (non-hydrogen) atoms. The molecule has 1 aromatic heterocycles. The van der Waals surface area contributed by atoms with Crippen LogP contribution in [0.5, 0.6) is 0 Å². The zero-order valence-electron chi connectivity index (χ0n) is 14.6. The molecule has 1 heterocycles. The largest absolute Gasteiger partial charge is 0.456 e. The first kappa shape index (κ1) is 21.5. The molecule has 0 bridgehead atoms. The molecule has 0 saturated heterocycles. The van der Waals surface area contributed by atoms with Crippen molar-refractivity contribution in [3.05, 3.63) is 65.4 Å². The number of benzene rings is 2. The minimum atomic E-state index is -0.305. The van der Waals surface area contributed by atoms with Crippen molar-refractivity contribution in [2.45, 2.75) is 28.4 Å². The number of aromatic amines is 1. The van der Waals surface area contributed by atoms with Crippen molar-refractivity contribution in [3.63, 3.8) is 0 Å². The van der Waals surface area contributed by atoms with E-state index in [0.717, 1.165) is 22.3 Å². The fourth-order valence-electron chi connectivity index (χ4n) is 2.66. The summed E-state index contributed by atoms with van der Waals surface area (Å²) >= 11 is 0. The SMILES string of the molecule is C.C.Cc1ccc2cc(COC(=O)c3cccc([N+](C)(C)C)c3)[nH]c2c1. The number of hydrogen-bond donors (Lipinski definition) is 1. The van der Waals surface area contributed by atoms with Gasteiger partial charge >= 0.3 is 5.97 Å². The second-order valence-electron chi connectivity index (χ2n) is 7.02. The topological polar surface area (TPSA) is 42.1 Å². The number of quaternary nitrogens is 1. The normalized spacial score (nSPS) is 10.8. The predicted octanol–water partition coefficient (Wildman–Crippen LogP) is 5.30. The van der Waals surface area contributed by atoms with Crippen molar-refractivity contribution in [3.8, 4) is 0 Å². The highest BCUT2D eigenvalue weighted by Crippen LogP contribution is 2.20. The lowest BCUT2D eigenvalue weighted by Gasteiger charge is -2.23. The number of rotatable bonds is 4. The Balaban J connectivity index is 0.00000169. The van der Waals surface area contributed by atoms with E-state index in [2.05, 4.69) is 51.2 Å². The van der Waals surface area contributed by atoms with E-state index in [-0.39, 0.29) is 27.4 Å². The van der Waals surface area contributed by atoms with Crippen molar-refractivity contribution < 1.29 is 9.53 Å². The quantitative estimate of drug-likeness (QED) is 0.509. The van der Waals surface area contributed by atoms with Crippen LogP contribution in [0.1, 0.15) is 36.5 Å². The third-order valence-corrected chi connectivity index (χ3v) is 4.05. The van der Waals surface area contributed by atoms with Crippen LogP contribution in [0.2, 0.25) is 0 Å². The molecule has 0 aliphatic rings. The molecule has 0 spiro atoms. The van der Waals surface area contributed by atoms with Crippen molar-refractivity contribution in [1.29, 1.82) is 0 Å². The standard InChI is InChI=1S/C20H23N2O2.2CH4/c1-14-8-9-15-11-17(21-19(15)10-14)13-24-20(23)16-6-5-7-18(12-16)22(2,3)4;;/h5-12,21H,13H2,1-4H3;2*1H4/q+1;;. The van der Waals surface area contributed by atoms with E-state index in [0.29, 0.717) is 10.0 Å². The molecule has 2 aromatic carbocycles. The third kappa shape index (κ3) is 4.73. The molecule has 0 saturated carbocycles. The molecule has 0 atom stereocenters. The Labute approximate surface area is 157 Å². The van der Waals surface area contributed by atoms with Crippen LogP contribution < -0.4 is 4.48 Å². The molecule has 0 aliphatic heterocycles. The Bertz CT molecular complexity index is 889. The zero-order valence-corrected chi connectivity index (χ0v) is 14.6. The van der Waals surface area contributed by atoms with E-state index in [4.69, 9.17) is 4.74 Å². The lowest BCUT2D eigenvalue weighted by molar-refractivity contribution is 0.0468. The number of nitrogens with zero attached hydrogens (tertiary/aromatic N) is 1. The number of H-pyrrole nitrogens is 1. The van der Waals surface area contributed by atoms with E-state index >= 15 is 0 Å². The van der Waals surface area contributed by atoms with Gasteiger partial charge in [-0.1, -0.05) is 33.1 Å². The van der Waals surface area contributed by atoms with Crippen molar-refractivity contribution in [2.24, 2.45) is 0 Å². The molecule has 0 fully saturated rings. The number of carbonyl (C=O) groups excluding carboxylic acids is 1. The Morgan fingerprint density at radius 1 is 1.04 bits per heavy atom. The Morgan fingerprint density at radius 2 is 1.77 bits per heavy atom. The fourth-order valence-corrected chi connectivity index (χ4v) is 2.66. The van der Waals surface area contributed by atoms with E-state index in [1.165, 1.54) is 5.56 Å². The van der Waals surface area contributed by atoms with Gasteiger partial charge in [-0.05, 0) is 42.1 Å². The first-order chi connectivity index (χ1) is 11.3. The van der Waals surface area contributed by atoms with E-state index in [1.54, 1.807) is 6.07 Å². The minimum Gasteiger partial charge on any atom is -0.456 e. The number of nitrogens with one attached hydrogen (secondary N) is 1. The monoisotopic (exact) mass is 355 g/mol. The van der Waals surface area contributed by atoms with E-state index in [9.17, 15) is 4.79 Å². The van der Waals surface area contributed by atoms with Gasteiger partial charge in [-0.25, -0.2) is 4.79 Å². The highest BCUT2D eigenvalue weighted by Gasteiger charge is 2.16. The van der Waals surface area contributed by atoms with Crippen LogP contribution >= 0.6 is 0 Å². The minimum absolute atomic E-state index is 0. The van der Waals surface area contributed by atoms with Gasteiger partial charge in [0.1, 0.15) is 12.3 Å². The first-order valence-corrected chi connectivity index (χ1v) is 8.00.